The van der Waals surface area contributed by atoms with Crippen LogP contribution in [0.1, 0.15) is 54.4 Å². The molecule has 2 aliphatic heterocycles. The number of likely N-dealkylation sites (tertiary alicyclic amines) is 1. The summed E-state index contributed by atoms with van der Waals surface area (Å²) in [5.41, 5.74) is 5.11. The smallest absolute Gasteiger partial charge is 0.255 e. The molecule has 1 aromatic heterocycles. The predicted octanol–water partition coefficient (Wildman–Crippen LogP) is 3.77. The molecule has 39 heavy (non-hydrogen) atoms. The molecule has 1 fully saturated rings. The highest BCUT2D eigenvalue weighted by Crippen LogP contribution is 2.33. The normalized spacial score (nSPS) is 21.4. The molecule has 5 rings (SSSR count). The number of aryl methyl sites for hydroxylation is 1. The molecule has 3 amide bonds. The van der Waals surface area contributed by atoms with Crippen molar-refractivity contribution in [3.05, 3.63) is 76.4 Å². The first-order valence-corrected chi connectivity index (χ1v) is 14.1. The second-order valence-electron chi connectivity index (χ2n) is 11.1. The first-order chi connectivity index (χ1) is 18.6. The quantitative estimate of drug-likeness (QED) is 0.470. The second kappa shape index (κ2) is 10.5. The zero-order chi connectivity index (χ0) is 27.9. The molecular weight excluding hydrogens is 512 g/mol. The van der Waals surface area contributed by atoms with Crippen molar-refractivity contribution in [3.63, 3.8) is 0 Å². The van der Waals surface area contributed by atoms with Crippen LogP contribution < -0.4 is 5.32 Å². The fraction of sp³-hybridized carbons (Fsp3) is 0.400. The molecule has 2 aromatic carbocycles. The number of nitrogens with one attached hydrogen (secondary N) is 1. The van der Waals surface area contributed by atoms with E-state index < -0.39 is 17.7 Å². The summed E-state index contributed by atoms with van der Waals surface area (Å²) < 4.78 is 0. The van der Waals surface area contributed by atoms with E-state index in [1.165, 1.54) is 4.90 Å². The number of β-amino-alcohol motifs (C(OH)–C–C–N with tert-alkyl or cyclic N) is 1. The van der Waals surface area contributed by atoms with Crippen molar-refractivity contribution >= 4 is 29.1 Å². The molecule has 204 valence electrons. The summed E-state index contributed by atoms with van der Waals surface area (Å²) in [6.45, 7) is 8.11. The van der Waals surface area contributed by atoms with Crippen molar-refractivity contribution in [1.29, 1.82) is 0 Å². The van der Waals surface area contributed by atoms with Crippen LogP contribution in [0.3, 0.4) is 0 Å². The lowest BCUT2D eigenvalue weighted by atomic mass is 10.00. The van der Waals surface area contributed by atoms with Crippen LogP contribution in [-0.2, 0) is 22.7 Å². The van der Waals surface area contributed by atoms with Crippen LogP contribution >= 0.6 is 11.3 Å². The van der Waals surface area contributed by atoms with Crippen molar-refractivity contribution in [2.24, 2.45) is 5.92 Å². The van der Waals surface area contributed by atoms with Gasteiger partial charge in [0.25, 0.3) is 5.91 Å². The number of aromatic nitrogens is 1. The second-order valence-corrected chi connectivity index (χ2v) is 12.0. The van der Waals surface area contributed by atoms with E-state index in [1.807, 2.05) is 68.7 Å². The van der Waals surface area contributed by atoms with E-state index in [2.05, 4.69) is 10.3 Å². The topological polar surface area (TPSA) is 103 Å². The third-order valence-corrected chi connectivity index (χ3v) is 8.58. The van der Waals surface area contributed by atoms with Gasteiger partial charge >= 0.3 is 0 Å². The number of carbonyl (C=O) groups is 3. The molecule has 2 aliphatic rings. The molecule has 0 aliphatic carbocycles. The molecule has 3 aromatic rings. The number of amides is 3. The number of nitrogens with zero attached hydrogens (tertiary/aromatic N) is 3. The van der Waals surface area contributed by atoms with E-state index in [0.717, 1.165) is 27.3 Å². The minimum Gasteiger partial charge on any atom is -0.388 e. The maximum atomic E-state index is 14.0. The molecule has 0 spiro atoms. The highest BCUT2D eigenvalue weighted by molar-refractivity contribution is 7.13. The van der Waals surface area contributed by atoms with Crippen LogP contribution in [0.2, 0.25) is 0 Å². The van der Waals surface area contributed by atoms with Crippen LogP contribution in [-0.4, -0.2) is 61.8 Å². The van der Waals surface area contributed by atoms with Crippen molar-refractivity contribution in [2.75, 3.05) is 6.54 Å². The molecule has 3 heterocycles. The maximum Gasteiger partial charge on any atom is 0.255 e. The molecule has 3 atom stereocenters. The van der Waals surface area contributed by atoms with Crippen LogP contribution in [0.4, 0.5) is 0 Å². The van der Waals surface area contributed by atoms with Gasteiger partial charge in [0, 0.05) is 25.1 Å². The van der Waals surface area contributed by atoms with Crippen molar-refractivity contribution in [2.45, 2.75) is 64.9 Å². The van der Waals surface area contributed by atoms with E-state index in [0.29, 0.717) is 18.7 Å². The summed E-state index contributed by atoms with van der Waals surface area (Å²) in [6, 6.07) is 13.8. The van der Waals surface area contributed by atoms with Crippen molar-refractivity contribution in [1.82, 2.24) is 20.1 Å². The lowest BCUT2D eigenvalue weighted by Crippen LogP contribution is -2.55. The van der Waals surface area contributed by atoms with Gasteiger partial charge in [-0.15, -0.1) is 11.3 Å². The summed E-state index contributed by atoms with van der Waals surface area (Å²) in [5.74, 6) is -0.984. The predicted molar refractivity (Wildman–Crippen MR) is 150 cm³/mol. The number of aliphatic hydroxyl groups is 1. The number of fused-ring (bicyclic) bond motifs is 1. The Morgan fingerprint density at radius 2 is 1.90 bits per heavy atom. The van der Waals surface area contributed by atoms with E-state index in [1.54, 1.807) is 29.2 Å². The van der Waals surface area contributed by atoms with E-state index in [9.17, 15) is 19.5 Å². The standard InChI is InChI=1S/C30H34N4O4S/c1-18(2)25(33-15-22-7-5-6-8-23(22)28(33)36)29(37)34-16-30(4,38)13-24(34)27(35)31-14-20-9-11-21(12-10-20)26-19(3)32-17-39-26/h5-12,17-18,24-25,38H,13-16H2,1-4H3,(H,31,35)/t24-,25?,30+/m0/s1. The number of benzene rings is 2. The van der Waals surface area contributed by atoms with Crippen LogP contribution in [0.15, 0.2) is 54.0 Å². The lowest BCUT2D eigenvalue weighted by molar-refractivity contribution is -0.143. The van der Waals surface area contributed by atoms with Gasteiger partial charge in [0.1, 0.15) is 12.1 Å². The molecule has 9 heteroatoms. The Balaban J connectivity index is 1.30. The highest BCUT2D eigenvalue weighted by atomic mass is 32.1. The van der Waals surface area contributed by atoms with E-state index >= 15 is 0 Å². The molecule has 2 N–H and O–H groups in total. The Morgan fingerprint density at radius 1 is 1.18 bits per heavy atom. The number of carbonyl (C=O) groups excluding carboxylic acids is 3. The van der Waals surface area contributed by atoms with Gasteiger partial charge < -0.3 is 20.2 Å². The van der Waals surface area contributed by atoms with Crippen molar-refractivity contribution < 1.29 is 19.5 Å². The monoisotopic (exact) mass is 546 g/mol. The zero-order valence-corrected chi connectivity index (χ0v) is 23.5. The van der Waals surface area contributed by atoms with E-state index in [-0.39, 0.29) is 36.6 Å². The summed E-state index contributed by atoms with van der Waals surface area (Å²) in [6.07, 6.45) is 0.132. The van der Waals surface area contributed by atoms with Gasteiger partial charge in [-0.05, 0) is 42.5 Å². The number of hydrogen-bond acceptors (Lipinski definition) is 6. The Labute approximate surface area is 232 Å². The highest BCUT2D eigenvalue weighted by Gasteiger charge is 2.49. The summed E-state index contributed by atoms with van der Waals surface area (Å²) >= 11 is 1.59. The minimum absolute atomic E-state index is 0.0328. The van der Waals surface area contributed by atoms with Gasteiger partial charge in [-0.3, -0.25) is 14.4 Å². The molecule has 0 bridgehead atoms. The fourth-order valence-corrected chi connectivity index (χ4v) is 6.46. The molecule has 1 saturated heterocycles. The molecule has 8 nitrogen and oxygen atoms in total. The average molecular weight is 547 g/mol. The van der Waals surface area contributed by atoms with Gasteiger partial charge in [-0.1, -0.05) is 56.3 Å². The molecule has 1 unspecified atom stereocenters. The van der Waals surface area contributed by atoms with Crippen LogP contribution in [0.5, 0.6) is 0 Å². The Morgan fingerprint density at radius 3 is 2.54 bits per heavy atom. The third kappa shape index (κ3) is 5.33. The SMILES string of the molecule is Cc1ncsc1-c1ccc(CNC(=O)[C@@H]2C[C@@](C)(O)CN2C(=O)C(C(C)C)N2Cc3ccccc3C2=O)cc1. The first kappa shape index (κ1) is 27.0. The largest absolute Gasteiger partial charge is 0.388 e. The number of rotatable bonds is 7. The first-order valence-electron chi connectivity index (χ1n) is 13.2. The Hall–Kier alpha value is -3.56. The van der Waals surface area contributed by atoms with E-state index in [4.69, 9.17) is 0 Å². The van der Waals surface area contributed by atoms with Crippen LogP contribution in [0, 0.1) is 12.8 Å². The summed E-state index contributed by atoms with van der Waals surface area (Å²) in [4.78, 5) is 49.0. The Kier molecular flexibility index (Phi) is 7.31. The summed E-state index contributed by atoms with van der Waals surface area (Å²) in [7, 11) is 0. The third-order valence-electron chi connectivity index (χ3n) is 7.60. The van der Waals surface area contributed by atoms with Gasteiger partial charge in [0.15, 0.2) is 0 Å². The minimum atomic E-state index is -1.20. The zero-order valence-electron chi connectivity index (χ0n) is 22.7. The fourth-order valence-electron chi connectivity index (χ4n) is 5.64. The van der Waals surface area contributed by atoms with Gasteiger partial charge in [0.2, 0.25) is 11.8 Å². The molecule has 0 saturated carbocycles. The van der Waals surface area contributed by atoms with Gasteiger partial charge in [0.05, 0.1) is 28.2 Å². The summed E-state index contributed by atoms with van der Waals surface area (Å²) in [5, 5.41) is 13.8. The lowest BCUT2D eigenvalue weighted by Gasteiger charge is -2.35. The van der Waals surface area contributed by atoms with Gasteiger partial charge in [-0.25, -0.2) is 4.98 Å². The maximum absolute atomic E-state index is 14.0. The van der Waals surface area contributed by atoms with Crippen molar-refractivity contribution in [3.8, 4) is 10.4 Å². The number of thiazole rings is 1. The van der Waals surface area contributed by atoms with Gasteiger partial charge in [-0.2, -0.15) is 0 Å². The average Bonchev–Trinajstić information content (AvgIpc) is 3.58. The molecular formula is C30H34N4O4S. The number of hydrogen-bond donors (Lipinski definition) is 2. The van der Waals surface area contributed by atoms with Crippen LogP contribution in [0.25, 0.3) is 10.4 Å². The Bertz CT molecular complexity index is 1400. The molecule has 0 radical (unpaired) electrons.